The zero-order chi connectivity index (χ0) is 15.6. The van der Waals surface area contributed by atoms with Gasteiger partial charge < -0.3 is 10.4 Å². The molecule has 0 unspecified atom stereocenters. The normalized spacial score (nSPS) is 11.4. The van der Waals surface area contributed by atoms with E-state index in [4.69, 9.17) is 11.6 Å². The van der Waals surface area contributed by atoms with E-state index >= 15 is 0 Å². The van der Waals surface area contributed by atoms with E-state index in [2.05, 4.69) is 5.32 Å². The smallest absolute Gasteiger partial charge is 0.178 e. The fraction of sp³-hybridized carbons (Fsp3) is 0.143. The first-order chi connectivity index (χ1) is 9.83. The standard InChI is InChI=1S/C14H13ClFNO3S/c1-2-21(19,20)10-4-5-12(11(15)8-10)17-13-7-9(16)3-6-14(13)18/h3-8,17-18H,2H2,1H3. The van der Waals surface area contributed by atoms with E-state index in [0.717, 1.165) is 12.1 Å². The minimum atomic E-state index is -3.35. The van der Waals surface area contributed by atoms with Gasteiger partial charge in [0.1, 0.15) is 11.6 Å². The van der Waals surface area contributed by atoms with Crippen LogP contribution in [0.5, 0.6) is 5.75 Å². The Labute approximate surface area is 127 Å². The highest BCUT2D eigenvalue weighted by molar-refractivity contribution is 7.91. The van der Waals surface area contributed by atoms with Gasteiger partial charge in [-0.05, 0) is 30.3 Å². The van der Waals surface area contributed by atoms with Gasteiger partial charge in [0.05, 0.1) is 27.0 Å². The van der Waals surface area contributed by atoms with Crippen LogP contribution in [-0.4, -0.2) is 19.3 Å². The largest absolute Gasteiger partial charge is 0.506 e. The molecule has 0 saturated heterocycles. The van der Waals surface area contributed by atoms with Crippen molar-refractivity contribution in [2.45, 2.75) is 11.8 Å². The number of sulfone groups is 1. The average molecular weight is 330 g/mol. The molecular weight excluding hydrogens is 317 g/mol. The third-order valence-corrected chi connectivity index (χ3v) is 4.95. The summed E-state index contributed by atoms with van der Waals surface area (Å²) in [7, 11) is -3.35. The Morgan fingerprint density at radius 3 is 2.52 bits per heavy atom. The molecule has 0 atom stereocenters. The van der Waals surface area contributed by atoms with E-state index in [0.29, 0.717) is 5.69 Å². The average Bonchev–Trinajstić information content (AvgIpc) is 2.44. The zero-order valence-electron chi connectivity index (χ0n) is 11.1. The summed E-state index contributed by atoms with van der Waals surface area (Å²) in [6.45, 7) is 1.54. The van der Waals surface area contributed by atoms with Crippen molar-refractivity contribution in [3.63, 3.8) is 0 Å². The van der Waals surface area contributed by atoms with Gasteiger partial charge in [-0.25, -0.2) is 12.8 Å². The van der Waals surface area contributed by atoms with Crippen LogP contribution in [0.15, 0.2) is 41.3 Å². The summed E-state index contributed by atoms with van der Waals surface area (Å²) in [5.74, 6) is -0.685. The van der Waals surface area contributed by atoms with Gasteiger partial charge >= 0.3 is 0 Å². The Bertz CT molecular complexity index is 778. The van der Waals surface area contributed by atoms with Crippen molar-refractivity contribution >= 4 is 32.8 Å². The molecule has 0 aliphatic heterocycles. The van der Waals surface area contributed by atoms with E-state index < -0.39 is 15.7 Å². The molecule has 0 fully saturated rings. The van der Waals surface area contributed by atoms with Gasteiger partial charge in [-0.2, -0.15) is 0 Å². The lowest BCUT2D eigenvalue weighted by molar-refractivity contribution is 0.475. The molecule has 0 saturated carbocycles. The summed E-state index contributed by atoms with van der Waals surface area (Å²) in [6, 6.07) is 7.64. The van der Waals surface area contributed by atoms with Gasteiger partial charge in [-0.15, -0.1) is 0 Å². The minimum absolute atomic E-state index is 0.0270. The molecule has 2 rings (SSSR count). The first-order valence-corrected chi connectivity index (χ1v) is 8.14. The van der Waals surface area contributed by atoms with Crippen molar-refractivity contribution in [3.05, 3.63) is 47.2 Å². The number of aromatic hydroxyl groups is 1. The number of phenols is 1. The molecule has 0 amide bonds. The van der Waals surface area contributed by atoms with Crippen LogP contribution >= 0.6 is 11.6 Å². The molecule has 0 bridgehead atoms. The summed E-state index contributed by atoms with van der Waals surface area (Å²) in [5.41, 5.74) is 0.510. The van der Waals surface area contributed by atoms with Crippen LogP contribution < -0.4 is 5.32 Å². The van der Waals surface area contributed by atoms with Gasteiger partial charge in [0.15, 0.2) is 9.84 Å². The van der Waals surface area contributed by atoms with Crippen molar-refractivity contribution in [2.24, 2.45) is 0 Å². The van der Waals surface area contributed by atoms with E-state index in [1.807, 2.05) is 0 Å². The number of phenolic OH excluding ortho intramolecular Hbond substituents is 1. The van der Waals surface area contributed by atoms with Gasteiger partial charge in [0.25, 0.3) is 0 Å². The fourth-order valence-corrected chi connectivity index (χ4v) is 2.91. The molecule has 2 aromatic carbocycles. The summed E-state index contributed by atoms with van der Waals surface area (Å²) in [6.07, 6.45) is 0. The molecule has 0 aliphatic rings. The Hall–Kier alpha value is -1.79. The maximum absolute atomic E-state index is 13.2. The van der Waals surface area contributed by atoms with Crippen LogP contribution in [0.25, 0.3) is 0 Å². The highest BCUT2D eigenvalue weighted by Crippen LogP contribution is 2.32. The van der Waals surface area contributed by atoms with Gasteiger partial charge in [-0.1, -0.05) is 18.5 Å². The van der Waals surface area contributed by atoms with Crippen molar-refractivity contribution in [1.29, 1.82) is 0 Å². The van der Waals surface area contributed by atoms with Crippen LogP contribution in [0.4, 0.5) is 15.8 Å². The lowest BCUT2D eigenvalue weighted by Crippen LogP contribution is -2.04. The molecule has 0 heterocycles. The first-order valence-electron chi connectivity index (χ1n) is 6.11. The van der Waals surface area contributed by atoms with Crippen LogP contribution in [-0.2, 0) is 9.84 Å². The van der Waals surface area contributed by atoms with Crippen LogP contribution in [0.2, 0.25) is 5.02 Å². The molecule has 0 spiro atoms. The van der Waals surface area contributed by atoms with E-state index in [9.17, 15) is 17.9 Å². The molecule has 2 N–H and O–H groups in total. The van der Waals surface area contributed by atoms with E-state index in [1.54, 1.807) is 6.92 Å². The lowest BCUT2D eigenvalue weighted by Gasteiger charge is -2.11. The summed E-state index contributed by atoms with van der Waals surface area (Å²) in [4.78, 5) is 0.115. The summed E-state index contributed by atoms with van der Waals surface area (Å²) >= 11 is 6.03. The summed E-state index contributed by atoms with van der Waals surface area (Å²) in [5, 5.41) is 12.6. The minimum Gasteiger partial charge on any atom is -0.506 e. The van der Waals surface area contributed by atoms with Crippen molar-refractivity contribution < 1.29 is 17.9 Å². The third-order valence-electron chi connectivity index (χ3n) is 2.91. The second-order valence-corrected chi connectivity index (χ2v) is 7.02. The SMILES string of the molecule is CCS(=O)(=O)c1ccc(Nc2cc(F)ccc2O)c(Cl)c1. The van der Waals surface area contributed by atoms with Crippen LogP contribution in [0.3, 0.4) is 0 Å². The van der Waals surface area contributed by atoms with Crippen LogP contribution in [0.1, 0.15) is 6.92 Å². The van der Waals surface area contributed by atoms with E-state index in [-0.39, 0.29) is 27.1 Å². The van der Waals surface area contributed by atoms with Gasteiger partial charge in [-0.3, -0.25) is 0 Å². The molecule has 2 aromatic rings. The molecule has 7 heteroatoms. The number of nitrogens with one attached hydrogen (secondary N) is 1. The number of rotatable bonds is 4. The predicted molar refractivity (Wildman–Crippen MR) is 80.5 cm³/mol. The highest BCUT2D eigenvalue weighted by atomic mass is 35.5. The Balaban J connectivity index is 2.36. The zero-order valence-corrected chi connectivity index (χ0v) is 12.7. The maximum atomic E-state index is 13.2. The second kappa shape index (κ2) is 5.91. The molecule has 21 heavy (non-hydrogen) atoms. The topological polar surface area (TPSA) is 66.4 Å². The quantitative estimate of drug-likeness (QED) is 0.839. The lowest BCUT2D eigenvalue weighted by atomic mass is 10.2. The molecule has 0 aromatic heterocycles. The van der Waals surface area contributed by atoms with Crippen molar-refractivity contribution in [3.8, 4) is 5.75 Å². The summed E-state index contributed by atoms with van der Waals surface area (Å²) < 4.78 is 36.7. The first kappa shape index (κ1) is 15.6. The predicted octanol–water partition coefficient (Wildman–Crippen LogP) is 3.72. The maximum Gasteiger partial charge on any atom is 0.178 e. The second-order valence-electron chi connectivity index (χ2n) is 4.33. The molecule has 0 radical (unpaired) electrons. The van der Waals surface area contributed by atoms with E-state index in [1.165, 1.54) is 24.3 Å². The third kappa shape index (κ3) is 3.46. The number of halogens is 2. The number of benzene rings is 2. The molecular formula is C14H13ClFNO3S. The fourth-order valence-electron chi connectivity index (χ4n) is 1.71. The molecule has 0 aliphatic carbocycles. The molecule has 4 nitrogen and oxygen atoms in total. The number of hydrogen-bond donors (Lipinski definition) is 2. The Morgan fingerprint density at radius 2 is 1.90 bits per heavy atom. The Morgan fingerprint density at radius 1 is 1.19 bits per heavy atom. The van der Waals surface area contributed by atoms with Gasteiger partial charge in [0, 0.05) is 6.07 Å². The van der Waals surface area contributed by atoms with Crippen molar-refractivity contribution in [1.82, 2.24) is 0 Å². The Kier molecular flexibility index (Phi) is 4.39. The number of hydrogen-bond acceptors (Lipinski definition) is 4. The van der Waals surface area contributed by atoms with Crippen LogP contribution in [0, 0.1) is 5.82 Å². The van der Waals surface area contributed by atoms with Crippen molar-refractivity contribution in [2.75, 3.05) is 11.1 Å². The number of anilines is 2. The monoisotopic (exact) mass is 329 g/mol. The molecule has 112 valence electrons. The van der Waals surface area contributed by atoms with Gasteiger partial charge in [0.2, 0.25) is 0 Å². The highest BCUT2D eigenvalue weighted by Gasteiger charge is 2.14.